The maximum absolute atomic E-state index is 11.3. The maximum Gasteiger partial charge on any atom is 0.347 e. The minimum Gasteiger partial charge on any atom is -0.487 e. The number of rotatable bonds is 6. The fourth-order valence-electron chi connectivity index (χ4n) is 1.79. The summed E-state index contributed by atoms with van der Waals surface area (Å²) in [7, 11) is 3.84. The van der Waals surface area contributed by atoms with Crippen molar-refractivity contribution in [1.29, 1.82) is 0 Å². The fraction of sp³-hybridized carbons (Fsp3) is 0.333. The first-order chi connectivity index (χ1) is 9.95. The van der Waals surface area contributed by atoms with Gasteiger partial charge in [0.05, 0.1) is 0 Å². The Bertz CT molecular complexity index is 620. The van der Waals surface area contributed by atoms with Gasteiger partial charge in [0, 0.05) is 6.54 Å². The van der Waals surface area contributed by atoms with E-state index in [0.717, 1.165) is 10.6 Å². The molecule has 1 heterocycles. The Hall–Kier alpha value is -1.92. The average Bonchev–Trinajstić information content (AvgIpc) is 2.80. The smallest absolute Gasteiger partial charge is 0.347 e. The van der Waals surface area contributed by atoms with E-state index in [1.807, 2.05) is 50.2 Å². The monoisotopic (exact) mass is 306 g/mol. The predicted octanol–water partition coefficient (Wildman–Crippen LogP) is 2.79. The molecule has 0 fully saturated rings. The summed E-state index contributed by atoms with van der Waals surface area (Å²) < 4.78 is 5.62. The van der Waals surface area contributed by atoms with E-state index in [2.05, 4.69) is 4.98 Å². The van der Waals surface area contributed by atoms with Crippen LogP contribution in [0, 0.1) is 6.92 Å². The van der Waals surface area contributed by atoms with Gasteiger partial charge in [0.15, 0.2) is 0 Å². The summed E-state index contributed by atoms with van der Waals surface area (Å²) >= 11 is 1.20. The van der Waals surface area contributed by atoms with Crippen molar-refractivity contribution in [3.05, 3.63) is 45.4 Å². The number of hydrogen-bond acceptors (Lipinski definition) is 5. The molecule has 1 aromatic heterocycles. The number of carbonyl (C=O) groups is 1. The van der Waals surface area contributed by atoms with Crippen LogP contribution in [0.1, 0.15) is 25.9 Å². The lowest BCUT2D eigenvalue weighted by molar-refractivity contribution is 0.0699. The number of ether oxygens (including phenoxy) is 1. The van der Waals surface area contributed by atoms with E-state index in [4.69, 9.17) is 4.74 Å². The van der Waals surface area contributed by atoms with Gasteiger partial charge in [0.1, 0.15) is 27.9 Å². The number of hydrogen-bond donors (Lipinski definition) is 1. The summed E-state index contributed by atoms with van der Waals surface area (Å²) in [4.78, 5) is 17.9. The van der Waals surface area contributed by atoms with Gasteiger partial charge < -0.3 is 14.7 Å². The topological polar surface area (TPSA) is 62.7 Å². The van der Waals surface area contributed by atoms with Crippen molar-refractivity contribution in [2.24, 2.45) is 0 Å². The Morgan fingerprint density at radius 2 is 2.00 bits per heavy atom. The van der Waals surface area contributed by atoms with Crippen LogP contribution in [-0.2, 0) is 13.2 Å². The molecule has 1 aromatic carbocycles. The molecule has 2 rings (SSSR count). The fourth-order valence-corrected chi connectivity index (χ4v) is 2.81. The lowest BCUT2D eigenvalue weighted by Gasteiger charge is -2.06. The number of carboxylic acids is 1. The summed E-state index contributed by atoms with van der Waals surface area (Å²) in [6, 6.07) is 7.63. The first-order valence-corrected chi connectivity index (χ1v) is 7.33. The molecule has 0 unspecified atom stereocenters. The molecule has 1 N–H and O–H groups in total. The highest BCUT2D eigenvalue weighted by molar-refractivity contribution is 7.13. The molecule has 0 saturated carbocycles. The number of aromatic carboxylic acids is 1. The highest BCUT2D eigenvalue weighted by Crippen LogP contribution is 2.22. The largest absolute Gasteiger partial charge is 0.487 e. The average molecular weight is 306 g/mol. The zero-order valence-electron chi connectivity index (χ0n) is 12.3. The van der Waals surface area contributed by atoms with Gasteiger partial charge in [0.2, 0.25) is 0 Å². The van der Waals surface area contributed by atoms with Gasteiger partial charge in [-0.05, 0) is 33.2 Å². The van der Waals surface area contributed by atoms with Crippen molar-refractivity contribution in [3.8, 4) is 5.75 Å². The molecule has 0 amide bonds. The van der Waals surface area contributed by atoms with Crippen molar-refractivity contribution < 1.29 is 14.6 Å². The van der Waals surface area contributed by atoms with E-state index in [0.29, 0.717) is 18.0 Å². The molecule has 0 aliphatic heterocycles. The van der Waals surface area contributed by atoms with Gasteiger partial charge in [-0.2, -0.15) is 0 Å². The van der Waals surface area contributed by atoms with E-state index in [1.54, 1.807) is 0 Å². The first kappa shape index (κ1) is 15.5. The highest BCUT2D eigenvalue weighted by atomic mass is 32.1. The van der Waals surface area contributed by atoms with E-state index in [1.165, 1.54) is 11.3 Å². The second kappa shape index (κ2) is 6.69. The Labute approximate surface area is 127 Å². The van der Waals surface area contributed by atoms with Crippen molar-refractivity contribution in [2.45, 2.75) is 20.1 Å². The van der Waals surface area contributed by atoms with Crippen LogP contribution in [-0.4, -0.2) is 35.1 Å². The van der Waals surface area contributed by atoms with Crippen LogP contribution in [0.15, 0.2) is 24.3 Å². The Morgan fingerprint density at radius 1 is 1.33 bits per heavy atom. The Balaban J connectivity index is 2.12. The molecule has 0 radical (unpaired) electrons. The SMILES string of the molecule is Cc1ccc(OCc2nc(CN(C)C)sc2C(=O)O)cc1. The molecule has 0 saturated heterocycles. The summed E-state index contributed by atoms with van der Waals surface area (Å²) in [5.41, 5.74) is 1.63. The van der Waals surface area contributed by atoms with Gasteiger partial charge in [-0.3, -0.25) is 0 Å². The third kappa shape index (κ3) is 4.27. The molecule has 112 valence electrons. The minimum atomic E-state index is -0.958. The van der Waals surface area contributed by atoms with Crippen molar-refractivity contribution >= 4 is 17.3 Å². The minimum absolute atomic E-state index is 0.161. The van der Waals surface area contributed by atoms with E-state index >= 15 is 0 Å². The van der Waals surface area contributed by atoms with E-state index in [-0.39, 0.29) is 11.5 Å². The van der Waals surface area contributed by atoms with Crippen LogP contribution < -0.4 is 4.74 Å². The molecule has 6 heteroatoms. The quantitative estimate of drug-likeness (QED) is 0.889. The number of thiazole rings is 1. The molecular formula is C15H18N2O3S. The van der Waals surface area contributed by atoms with Gasteiger partial charge in [0.25, 0.3) is 0 Å². The zero-order chi connectivity index (χ0) is 15.4. The zero-order valence-corrected chi connectivity index (χ0v) is 13.1. The third-order valence-corrected chi connectivity index (χ3v) is 3.85. The molecule has 0 spiro atoms. The molecule has 0 aliphatic carbocycles. The number of benzene rings is 1. The predicted molar refractivity (Wildman–Crippen MR) is 82.0 cm³/mol. The summed E-state index contributed by atoms with van der Waals surface area (Å²) in [5, 5.41) is 10.0. The second-order valence-electron chi connectivity index (χ2n) is 5.03. The normalized spacial score (nSPS) is 10.9. The molecule has 2 aromatic rings. The van der Waals surface area contributed by atoms with Crippen molar-refractivity contribution in [3.63, 3.8) is 0 Å². The summed E-state index contributed by atoms with van der Waals surface area (Å²) in [6.45, 7) is 2.78. The lowest BCUT2D eigenvalue weighted by atomic mass is 10.2. The van der Waals surface area contributed by atoms with E-state index in [9.17, 15) is 9.90 Å². The van der Waals surface area contributed by atoms with E-state index < -0.39 is 5.97 Å². The maximum atomic E-state index is 11.3. The molecular weight excluding hydrogens is 288 g/mol. The Kier molecular flexibility index (Phi) is 4.93. The van der Waals surface area contributed by atoms with Crippen LogP contribution in [0.3, 0.4) is 0 Å². The standard InChI is InChI=1S/C15H18N2O3S/c1-10-4-6-11(7-5-10)20-9-12-14(15(18)19)21-13(16-12)8-17(2)3/h4-7H,8-9H2,1-3H3,(H,18,19). The van der Waals surface area contributed by atoms with Crippen LogP contribution in [0.2, 0.25) is 0 Å². The summed E-state index contributed by atoms with van der Waals surface area (Å²) in [6.07, 6.45) is 0. The Morgan fingerprint density at radius 3 is 2.57 bits per heavy atom. The van der Waals surface area contributed by atoms with Crippen LogP contribution >= 0.6 is 11.3 Å². The third-order valence-electron chi connectivity index (χ3n) is 2.78. The molecule has 0 aliphatic rings. The molecule has 0 atom stereocenters. The van der Waals surface area contributed by atoms with Gasteiger partial charge >= 0.3 is 5.97 Å². The van der Waals surface area contributed by atoms with Gasteiger partial charge in [-0.25, -0.2) is 9.78 Å². The number of carboxylic acid groups (broad SMARTS) is 1. The van der Waals surface area contributed by atoms with Crippen LogP contribution in [0.4, 0.5) is 0 Å². The molecule has 5 nitrogen and oxygen atoms in total. The van der Waals surface area contributed by atoms with Crippen molar-refractivity contribution in [2.75, 3.05) is 14.1 Å². The van der Waals surface area contributed by atoms with Crippen molar-refractivity contribution in [1.82, 2.24) is 9.88 Å². The van der Waals surface area contributed by atoms with Gasteiger partial charge in [-0.15, -0.1) is 11.3 Å². The first-order valence-electron chi connectivity index (χ1n) is 6.52. The second-order valence-corrected chi connectivity index (χ2v) is 6.11. The number of aryl methyl sites for hydroxylation is 1. The number of nitrogens with zero attached hydrogens (tertiary/aromatic N) is 2. The van der Waals surface area contributed by atoms with Gasteiger partial charge in [-0.1, -0.05) is 17.7 Å². The number of aromatic nitrogens is 1. The lowest BCUT2D eigenvalue weighted by Crippen LogP contribution is -2.10. The van der Waals surface area contributed by atoms with Crippen LogP contribution in [0.5, 0.6) is 5.75 Å². The van der Waals surface area contributed by atoms with Crippen LogP contribution in [0.25, 0.3) is 0 Å². The highest BCUT2D eigenvalue weighted by Gasteiger charge is 2.18. The molecule has 0 bridgehead atoms. The molecule has 21 heavy (non-hydrogen) atoms. The summed E-state index contributed by atoms with van der Waals surface area (Å²) in [5.74, 6) is -0.251.